The summed E-state index contributed by atoms with van der Waals surface area (Å²) >= 11 is 0. The van der Waals surface area contributed by atoms with Crippen LogP contribution in [0.5, 0.6) is 0 Å². The maximum Gasteiger partial charge on any atom is 0.355 e. The summed E-state index contributed by atoms with van der Waals surface area (Å²) in [5.41, 5.74) is 0. The topological polar surface area (TPSA) is 36.9 Å². The normalized spacial score (nSPS) is 10.5. The van der Waals surface area contributed by atoms with E-state index in [1.54, 1.807) is 28.4 Å². The number of hydrogen-bond donors (Lipinski definition) is 0. The molecular weight excluding hydrogens is 312 g/mol. The van der Waals surface area contributed by atoms with Crippen molar-refractivity contribution in [3.8, 4) is 0 Å². The van der Waals surface area contributed by atoms with Crippen LogP contribution in [0.15, 0.2) is 60.7 Å². The Kier molecular flexibility index (Phi) is 9.64. The van der Waals surface area contributed by atoms with Crippen molar-refractivity contribution in [1.82, 2.24) is 0 Å². The van der Waals surface area contributed by atoms with Gasteiger partial charge >= 0.3 is 18.6 Å². The predicted molar refractivity (Wildman–Crippen MR) is 94.5 cm³/mol. The molecular formula is C16H24O4Si2. The second-order valence-corrected chi connectivity index (χ2v) is 8.97. The zero-order valence-corrected chi connectivity index (χ0v) is 15.9. The highest BCUT2D eigenvalue weighted by Gasteiger charge is 2.11. The van der Waals surface area contributed by atoms with E-state index in [1.807, 2.05) is 60.7 Å². The number of benzene rings is 2. The van der Waals surface area contributed by atoms with Crippen molar-refractivity contribution in [3.05, 3.63) is 60.7 Å². The monoisotopic (exact) mass is 336 g/mol. The van der Waals surface area contributed by atoms with Crippen molar-refractivity contribution in [2.75, 3.05) is 28.4 Å². The van der Waals surface area contributed by atoms with Crippen LogP contribution in [-0.4, -0.2) is 47.0 Å². The Hall–Kier alpha value is -1.29. The van der Waals surface area contributed by atoms with E-state index in [-0.39, 0.29) is 0 Å². The number of hydrogen-bond acceptors (Lipinski definition) is 4. The highest BCUT2D eigenvalue weighted by molar-refractivity contribution is 6.61. The standard InChI is InChI=1S/2C8H12O2Si/c2*1-9-11(10-2)8-6-4-3-5-7-8/h2*3-7,11H,1-2H3. The van der Waals surface area contributed by atoms with Gasteiger partial charge in [0.15, 0.2) is 0 Å². The molecule has 0 heterocycles. The van der Waals surface area contributed by atoms with Crippen LogP contribution in [0.25, 0.3) is 0 Å². The SMILES string of the molecule is CO[SiH](OC)c1ccccc1.CO[SiH](OC)c1ccccc1. The second-order valence-electron chi connectivity index (χ2n) is 4.43. The Morgan fingerprint density at radius 2 is 0.773 bits per heavy atom. The number of rotatable bonds is 6. The minimum atomic E-state index is -1.55. The zero-order valence-electron chi connectivity index (χ0n) is 13.6. The van der Waals surface area contributed by atoms with Gasteiger partial charge in [-0.15, -0.1) is 0 Å². The molecule has 0 aliphatic heterocycles. The van der Waals surface area contributed by atoms with Gasteiger partial charge < -0.3 is 17.7 Å². The third kappa shape index (κ3) is 6.22. The third-order valence-electron chi connectivity index (χ3n) is 3.00. The molecule has 0 aliphatic rings. The molecule has 2 aromatic carbocycles. The molecule has 0 saturated heterocycles. The van der Waals surface area contributed by atoms with Gasteiger partial charge in [-0.1, -0.05) is 60.7 Å². The van der Waals surface area contributed by atoms with Crippen molar-refractivity contribution in [2.24, 2.45) is 0 Å². The maximum atomic E-state index is 5.20. The van der Waals surface area contributed by atoms with Gasteiger partial charge in [0.2, 0.25) is 0 Å². The molecule has 0 aromatic heterocycles. The van der Waals surface area contributed by atoms with Gasteiger partial charge in [-0.05, 0) is 10.4 Å². The molecule has 0 unspecified atom stereocenters. The lowest BCUT2D eigenvalue weighted by molar-refractivity contribution is 0.291. The minimum Gasteiger partial charge on any atom is -0.397 e. The first-order chi connectivity index (χ1) is 10.8. The first kappa shape index (κ1) is 18.8. The Bertz CT molecular complexity index is 441. The molecule has 0 saturated carbocycles. The molecule has 0 bridgehead atoms. The van der Waals surface area contributed by atoms with Gasteiger partial charge in [-0.25, -0.2) is 0 Å². The largest absolute Gasteiger partial charge is 0.397 e. The van der Waals surface area contributed by atoms with E-state index in [9.17, 15) is 0 Å². The summed E-state index contributed by atoms with van der Waals surface area (Å²) < 4.78 is 20.8. The van der Waals surface area contributed by atoms with Crippen LogP contribution < -0.4 is 10.4 Å². The molecule has 2 rings (SSSR count). The van der Waals surface area contributed by atoms with Crippen molar-refractivity contribution in [3.63, 3.8) is 0 Å². The Morgan fingerprint density at radius 3 is 1.00 bits per heavy atom. The Morgan fingerprint density at radius 1 is 0.500 bits per heavy atom. The minimum absolute atomic E-state index is 1.18. The lowest BCUT2D eigenvalue weighted by atomic mass is 10.4. The molecule has 0 spiro atoms. The Balaban J connectivity index is 0.000000220. The van der Waals surface area contributed by atoms with Crippen LogP contribution >= 0.6 is 0 Å². The fourth-order valence-electron chi connectivity index (χ4n) is 1.96. The smallest absolute Gasteiger partial charge is 0.355 e. The summed E-state index contributed by atoms with van der Waals surface area (Å²) in [4.78, 5) is 0. The first-order valence-electron chi connectivity index (χ1n) is 6.97. The van der Waals surface area contributed by atoms with Crippen LogP contribution in [0, 0.1) is 0 Å². The molecule has 0 N–H and O–H groups in total. The molecule has 0 radical (unpaired) electrons. The Labute approximate surface area is 136 Å². The van der Waals surface area contributed by atoms with E-state index < -0.39 is 18.6 Å². The van der Waals surface area contributed by atoms with E-state index in [0.29, 0.717) is 0 Å². The lowest BCUT2D eigenvalue weighted by Crippen LogP contribution is -2.34. The van der Waals surface area contributed by atoms with Gasteiger partial charge in [0.1, 0.15) is 0 Å². The summed E-state index contributed by atoms with van der Waals surface area (Å²) in [5, 5.41) is 2.36. The van der Waals surface area contributed by atoms with Gasteiger partial charge in [0, 0.05) is 28.4 Å². The molecule has 120 valence electrons. The zero-order chi connectivity index (χ0) is 16.2. The predicted octanol–water partition coefficient (Wildman–Crippen LogP) is 0.814. The third-order valence-corrected chi connectivity index (χ3v) is 6.57. The van der Waals surface area contributed by atoms with E-state index in [4.69, 9.17) is 17.7 Å². The van der Waals surface area contributed by atoms with Crippen LogP contribution in [0.1, 0.15) is 0 Å². The summed E-state index contributed by atoms with van der Waals surface area (Å²) in [5.74, 6) is 0. The van der Waals surface area contributed by atoms with Crippen molar-refractivity contribution in [2.45, 2.75) is 0 Å². The van der Waals surface area contributed by atoms with E-state index in [1.165, 1.54) is 10.4 Å². The average Bonchev–Trinajstić information content (AvgIpc) is 2.60. The van der Waals surface area contributed by atoms with Crippen LogP contribution in [0.2, 0.25) is 0 Å². The van der Waals surface area contributed by atoms with Gasteiger partial charge in [-0.2, -0.15) is 0 Å². The summed E-state index contributed by atoms with van der Waals surface area (Å²) in [7, 11) is 3.65. The van der Waals surface area contributed by atoms with Gasteiger partial charge in [0.25, 0.3) is 0 Å². The van der Waals surface area contributed by atoms with E-state index >= 15 is 0 Å². The molecule has 6 heteroatoms. The fraction of sp³-hybridized carbons (Fsp3) is 0.250. The van der Waals surface area contributed by atoms with Crippen LogP contribution in [0.4, 0.5) is 0 Å². The van der Waals surface area contributed by atoms with E-state index in [2.05, 4.69) is 0 Å². The molecule has 0 fully saturated rings. The van der Waals surface area contributed by atoms with Gasteiger partial charge in [-0.3, -0.25) is 0 Å². The average molecular weight is 337 g/mol. The molecule has 4 nitrogen and oxygen atoms in total. The quantitative estimate of drug-likeness (QED) is 0.732. The van der Waals surface area contributed by atoms with E-state index in [0.717, 1.165) is 0 Å². The molecule has 2 aromatic rings. The van der Waals surface area contributed by atoms with Crippen LogP contribution in [0.3, 0.4) is 0 Å². The highest BCUT2D eigenvalue weighted by Crippen LogP contribution is 1.90. The molecule has 0 atom stereocenters. The molecule has 0 aliphatic carbocycles. The lowest BCUT2D eigenvalue weighted by Gasteiger charge is -2.09. The second kappa shape index (κ2) is 11.3. The maximum absolute atomic E-state index is 5.20. The fourth-order valence-corrected chi connectivity index (χ4v) is 4.50. The summed E-state index contributed by atoms with van der Waals surface area (Å²) in [6, 6.07) is 20.1. The van der Waals surface area contributed by atoms with Crippen LogP contribution in [-0.2, 0) is 17.7 Å². The summed E-state index contributed by atoms with van der Waals surface area (Å²) in [6.07, 6.45) is 0. The van der Waals surface area contributed by atoms with Crippen molar-refractivity contribution >= 4 is 28.9 Å². The molecule has 0 amide bonds. The molecule has 22 heavy (non-hydrogen) atoms. The summed E-state index contributed by atoms with van der Waals surface area (Å²) in [6.45, 7) is 0. The van der Waals surface area contributed by atoms with Gasteiger partial charge in [0.05, 0.1) is 0 Å². The van der Waals surface area contributed by atoms with Crippen molar-refractivity contribution < 1.29 is 17.7 Å². The highest BCUT2D eigenvalue weighted by atomic mass is 28.3. The first-order valence-corrected chi connectivity index (χ1v) is 10.0. The van der Waals surface area contributed by atoms with Crippen molar-refractivity contribution in [1.29, 1.82) is 0 Å².